The lowest BCUT2D eigenvalue weighted by Crippen LogP contribution is -2.46. The number of hydrogen-bond acceptors (Lipinski definition) is 7. The predicted octanol–water partition coefficient (Wildman–Crippen LogP) is 1.74. The van der Waals surface area contributed by atoms with E-state index in [0.29, 0.717) is 5.96 Å². The first-order valence-electron chi connectivity index (χ1n) is 8.97. The van der Waals surface area contributed by atoms with E-state index >= 15 is 0 Å². The Labute approximate surface area is 184 Å². The summed E-state index contributed by atoms with van der Waals surface area (Å²) < 4.78 is 17.1. The van der Waals surface area contributed by atoms with Crippen molar-refractivity contribution < 1.29 is 38.0 Å². The second kappa shape index (κ2) is 10.6. The van der Waals surface area contributed by atoms with Gasteiger partial charge in [-0.15, -0.1) is 0 Å². The minimum absolute atomic E-state index is 0.0144. The number of nitrogens with zero attached hydrogens (tertiary/aromatic N) is 2. The van der Waals surface area contributed by atoms with Gasteiger partial charge >= 0.3 is 29.9 Å². The van der Waals surface area contributed by atoms with Crippen LogP contribution in [-0.4, -0.2) is 67.6 Å². The number of anilines is 1. The van der Waals surface area contributed by atoms with Crippen molar-refractivity contribution in [2.45, 2.75) is 27.7 Å². The van der Waals surface area contributed by atoms with Gasteiger partial charge in [-0.3, -0.25) is 29.2 Å². The molecule has 0 aliphatic rings. The van der Waals surface area contributed by atoms with Crippen LogP contribution < -0.4 is 24.8 Å². The number of halogens is 1. The fourth-order valence-electron chi connectivity index (χ4n) is 2.52. The largest absolute Gasteiger partial charge is 0.422 e. The van der Waals surface area contributed by atoms with Gasteiger partial charge in [-0.05, 0) is 6.92 Å². The van der Waals surface area contributed by atoms with Crippen molar-refractivity contribution in [2.75, 3.05) is 33.5 Å². The second-order valence-corrected chi connectivity index (χ2v) is 7.15. The van der Waals surface area contributed by atoms with Gasteiger partial charge < -0.3 is 14.2 Å². The standard InChI is InChI=1S/C19H25ClN4O7/c1-9-14(21-18(28)22-19(23(5)6)24(7)8)13(20)16(30-11(3)26)17(31-12(4)27)15(9)29-10(2)25/h1-8H3,(H,21,28)/p+1. The molecule has 0 atom stereocenters. The van der Waals surface area contributed by atoms with Crippen molar-refractivity contribution in [3.8, 4) is 17.2 Å². The van der Waals surface area contributed by atoms with Crippen LogP contribution in [0.15, 0.2) is 0 Å². The number of guanidine groups is 1. The maximum atomic E-state index is 12.6. The lowest BCUT2D eigenvalue weighted by atomic mass is 10.1. The van der Waals surface area contributed by atoms with Crippen LogP contribution in [0.1, 0.15) is 26.3 Å². The summed E-state index contributed by atoms with van der Waals surface area (Å²) in [5, 5.41) is 4.96. The monoisotopic (exact) mass is 457 g/mol. The van der Waals surface area contributed by atoms with Crippen LogP contribution in [0.5, 0.6) is 17.2 Å². The van der Waals surface area contributed by atoms with E-state index in [9.17, 15) is 19.2 Å². The molecular weight excluding hydrogens is 432 g/mol. The van der Waals surface area contributed by atoms with E-state index in [1.807, 2.05) is 0 Å². The number of carbonyl (C=O) groups excluding carboxylic acids is 4. The zero-order valence-electron chi connectivity index (χ0n) is 18.6. The van der Waals surface area contributed by atoms with Crippen molar-refractivity contribution in [1.82, 2.24) is 10.2 Å². The first kappa shape index (κ1) is 25.7. The zero-order chi connectivity index (χ0) is 24.0. The van der Waals surface area contributed by atoms with Crippen molar-refractivity contribution in [2.24, 2.45) is 0 Å². The van der Waals surface area contributed by atoms with E-state index in [-0.39, 0.29) is 33.5 Å². The number of urea groups is 1. The number of nitrogens with one attached hydrogen (secondary N) is 2. The van der Waals surface area contributed by atoms with Crippen LogP contribution >= 0.6 is 11.6 Å². The maximum Gasteiger partial charge on any atom is 0.384 e. The highest BCUT2D eigenvalue weighted by Gasteiger charge is 2.30. The van der Waals surface area contributed by atoms with Crippen molar-refractivity contribution in [3.63, 3.8) is 0 Å². The average Bonchev–Trinajstić information content (AvgIpc) is 2.62. The molecule has 0 fully saturated rings. The fourth-order valence-corrected chi connectivity index (χ4v) is 2.83. The minimum Gasteiger partial charge on any atom is -0.422 e. The highest BCUT2D eigenvalue weighted by molar-refractivity contribution is 6.36. The van der Waals surface area contributed by atoms with Crippen LogP contribution in [0, 0.1) is 6.92 Å². The number of hydrogen-bond donors (Lipinski definition) is 2. The highest BCUT2D eigenvalue weighted by Crippen LogP contribution is 2.50. The molecule has 0 heterocycles. The molecule has 0 radical (unpaired) electrons. The molecule has 2 amide bonds. The second-order valence-electron chi connectivity index (χ2n) is 6.77. The molecule has 1 rings (SSSR count). The summed E-state index contributed by atoms with van der Waals surface area (Å²) in [6.45, 7) is 4.82. The Morgan fingerprint density at radius 3 is 1.74 bits per heavy atom. The third-order valence-electron chi connectivity index (χ3n) is 3.60. The fraction of sp³-hybridized carbons (Fsp3) is 0.421. The third-order valence-corrected chi connectivity index (χ3v) is 3.96. The molecule has 1 aromatic carbocycles. The van der Waals surface area contributed by atoms with Crippen molar-refractivity contribution in [3.05, 3.63) is 10.6 Å². The van der Waals surface area contributed by atoms with Crippen molar-refractivity contribution >= 4 is 47.2 Å². The molecule has 0 aliphatic carbocycles. The SMILES string of the molecule is CC(=O)Oc1c(C)c(NC(=O)NC(N(C)C)=[N+](C)C)c(Cl)c(OC(C)=O)c1OC(C)=O. The number of esters is 3. The van der Waals surface area contributed by atoms with Gasteiger partial charge in [0.25, 0.3) is 0 Å². The Morgan fingerprint density at radius 2 is 1.32 bits per heavy atom. The molecule has 31 heavy (non-hydrogen) atoms. The topological polar surface area (TPSA) is 126 Å². The van der Waals surface area contributed by atoms with E-state index in [0.717, 1.165) is 20.8 Å². The Kier molecular flexibility index (Phi) is 8.80. The van der Waals surface area contributed by atoms with E-state index in [1.165, 1.54) is 6.92 Å². The molecule has 0 aromatic heterocycles. The van der Waals surface area contributed by atoms with E-state index in [1.54, 1.807) is 37.7 Å². The molecule has 0 bridgehead atoms. The maximum absolute atomic E-state index is 12.6. The number of rotatable bonds is 4. The molecule has 0 spiro atoms. The molecule has 0 aliphatic heterocycles. The minimum atomic E-state index is -0.779. The van der Waals surface area contributed by atoms with Crippen LogP contribution in [0.3, 0.4) is 0 Å². The van der Waals surface area contributed by atoms with Crippen molar-refractivity contribution in [1.29, 1.82) is 0 Å². The third kappa shape index (κ3) is 6.85. The lowest BCUT2D eigenvalue weighted by Gasteiger charge is -2.20. The first-order chi connectivity index (χ1) is 14.3. The molecular formula is C19H26ClN4O7+. The summed E-state index contributed by atoms with van der Waals surface area (Å²) in [5.41, 5.74) is 0.151. The number of benzene rings is 1. The Balaban J connectivity index is 3.64. The van der Waals surface area contributed by atoms with Crippen LogP contribution in [-0.2, 0) is 14.4 Å². The summed E-state index contributed by atoms with van der Waals surface area (Å²) in [6.07, 6.45) is 0. The van der Waals surface area contributed by atoms with E-state index < -0.39 is 23.9 Å². The number of ether oxygens (including phenoxy) is 3. The summed E-state index contributed by atoms with van der Waals surface area (Å²) in [7, 11) is 6.94. The summed E-state index contributed by atoms with van der Waals surface area (Å²) in [6, 6.07) is -0.676. The Morgan fingerprint density at radius 1 is 0.871 bits per heavy atom. The Bertz CT molecular complexity index is 910. The molecule has 12 heteroatoms. The number of carbonyl (C=O) groups is 4. The molecule has 170 valence electrons. The van der Waals surface area contributed by atoms with Gasteiger partial charge in [0.1, 0.15) is 5.02 Å². The molecule has 2 N–H and O–H groups in total. The van der Waals surface area contributed by atoms with Gasteiger partial charge in [-0.1, -0.05) is 11.6 Å². The van der Waals surface area contributed by atoms with Crippen LogP contribution in [0.2, 0.25) is 5.02 Å². The predicted molar refractivity (Wildman–Crippen MR) is 113 cm³/mol. The molecule has 11 nitrogen and oxygen atoms in total. The quantitative estimate of drug-likeness (QED) is 0.230. The average molecular weight is 458 g/mol. The Hall–Kier alpha value is -3.34. The van der Waals surface area contributed by atoms with Crippen LogP contribution in [0.4, 0.5) is 10.5 Å². The molecule has 0 unspecified atom stereocenters. The molecule has 0 saturated heterocycles. The van der Waals surface area contributed by atoms with E-state index in [2.05, 4.69) is 10.6 Å². The van der Waals surface area contributed by atoms with Crippen LogP contribution in [0.25, 0.3) is 0 Å². The highest BCUT2D eigenvalue weighted by atomic mass is 35.5. The van der Waals surface area contributed by atoms with Gasteiger partial charge in [0, 0.05) is 26.3 Å². The molecule has 1 aromatic rings. The summed E-state index contributed by atoms with van der Waals surface area (Å²) in [5.74, 6) is -2.80. The van der Waals surface area contributed by atoms with Gasteiger partial charge in [-0.2, -0.15) is 5.32 Å². The lowest BCUT2D eigenvalue weighted by molar-refractivity contribution is -0.471. The van der Waals surface area contributed by atoms with Gasteiger partial charge in [0.15, 0.2) is 11.5 Å². The van der Waals surface area contributed by atoms with Gasteiger partial charge in [0.2, 0.25) is 5.75 Å². The summed E-state index contributed by atoms with van der Waals surface area (Å²) in [4.78, 5) is 49.1. The number of amides is 2. The summed E-state index contributed by atoms with van der Waals surface area (Å²) >= 11 is 6.38. The smallest absolute Gasteiger partial charge is 0.384 e. The van der Waals surface area contributed by atoms with Gasteiger partial charge in [0.05, 0.1) is 33.9 Å². The van der Waals surface area contributed by atoms with E-state index in [4.69, 9.17) is 25.8 Å². The van der Waals surface area contributed by atoms with Gasteiger partial charge in [-0.25, -0.2) is 4.79 Å². The first-order valence-corrected chi connectivity index (χ1v) is 9.34. The normalized spacial score (nSPS) is 9.97. The molecule has 0 saturated carbocycles. The zero-order valence-corrected chi connectivity index (χ0v) is 19.4.